The fraction of sp³-hybridized carbons (Fsp3) is 0.500. The molecular weight excluding hydrogens is 333 g/mol. The fourth-order valence-electron chi connectivity index (χ4n) is 1.93. The highest BCUT2D eigenvalue weighted by Gasteiger charge is 2.31. The highest BCUT2D eigenvalue weighted by Crippen LogP contribution is 2.26. The van der Waals surface area contributed by atoms with E-state index in [0.717, 1.165) is 4.57 Å². The van der Waals surface area contributed by atoms with Gasteiger partial charge in [-0.05, 0) is 18.1 Å². The lowest BCUT2D eigenvalue weighted by molar-refractivity contribution is -0.140. The SMILES string of the molecule is CC(C)C(C)C(=O)Nc1nc2ccc(Cl)nc2n1CC(F)(F)F. The monoisotopic (exact) mass is 348 g/mol. The van der Waals surface area contributed by atoms with Crippen LogP contribution in [0.3, 0.4) is 0 Å². The Bertz CT molecular complexity index is 727. The third-order valence-electron chi connectivity index (χ3n) is 3.54. The number of nitrogens with zero attached hydrogens (tertiary/aromatic N) is 3. The van der Waals surface area contributed by atoms with E-state index in [9.17, 15) is 18.0 Å². The van der Waals surface area contributed by atoms with Crippen LogP contribution in [0.1, 0.15) is 20.8 Å². The summed E-state index contributed by atoms with van der Waals surface area (Å²) in [6, 6.07) is 2.89. The molecule has 1 unspecified atom stereocenters. The molecule has 0 radical (unpaired) electrons. The van der Waals surface area contributed by atoms with E-state index < -0.39 is 18.6 Å². The first-order valence-electron chi connectivity index (χ1n) is 6.99. The van der Waals surface area contributed by atoms with Crippen LogP contribution in [0.5, 0.6) is 0 Å². The molecule has 0 aliphatic rings. The minimum Gasteiger partial charge on any atom is -0.296 e. The van der Waals surface area contributed by atoms with Gasteiger partial charge in [-0.3, -0.25) is 14.7 Å². The van der Waals surface area contributed by atoms with Crippen LogP contribution in [0.4, 0.5) is 19.1 Å². The molecule has 0 aromatic carbocycles. The van der Waals surface area contributed by atoms with E-state index in [2.05, 4.69) is 15.3 Å². The van der Waals surface area contributed by atoms with Crippen molar-refractivity contribution in [1.29, 1.82) is 0 Å². The molecule has 2 aromatic heterocycles. The van der Waals surface area contributed by atoms with Gasteiger partial charge in [-0.15, -0.1) is 0 Å². The number of carbonyl (C=O) groups excluding carboxylic acids is 1. The van der Waals surface area contributed by atoms with E-state index in [1.165, 1.54) is 12.1 Å². The fourth-order valence-corrected chi connectivity index (χ4v) is 2.07. The number of halogens is 4. The summed E-state index contributed by atoms with van der Waals surface area (Å²) in [6.45, 7) is 4.09. The smallest absolute Gasteiger partial charge is 0.296 e. The van der Waals surface area contributed by atoms with E-state index in [1.54, 1.807) is 6.92 Å². The second kappa shape index (κ2) is 6.35. The van der Waals surface area contributed by atoms with Crippen LogP contribution in [0, 0.1) is 11.8 Å². The van der Waals surface area contributed by atoms with Crippen molar-refractivity contribution in [2.24, 2.45) is 11.8 Å². The zero-order valence-corrected chi connectivity index (χ0v) is 13.5. The predicted octanol–water partition coefficient (Wildman–Crippen LogP) is 3.88. The van der Waals surface area contributed by atoms with Gasteiger partial charge in [0.2, 0.25) is 11.9 Å². The van der Waals surface area contributed by atoms with Crippen LogP contribution in [-0.2, 0) is 11.3 Å². The normalized spacial score (nSPS) is 13.6. The minimum atomic E-state index is -4.49. The molecule has 0 saturated heterocycles. The summed E-state index contributed by atoms with van der Waals surface area (Å²) in [7, 11) is 0. The molecule has 2 heterocycles. The Labute approximate surface area is 135 Å². The van der Waals surface area contributed by atoms with E-state index in [4.69, 9.17) is 11.6 Å². The lowest BCUT2D eigenvalue weighted by Crippen LogP contribution is -2.27. The standard InChI is InChI=1S/C14H16ClF3N4O/c1-7(2)8(3)12(23)21-13-19-9-4-5-10(15)20-11(9)22(13)6-14(16,17)18/h4-5,7-8H,6H2,1-3H3,(H,19,21,23). The molecule has 0 aliphatic heterocycles. The van der Waals surface area contributed by atoms with Crippen molar-refractivity contribution in [3.63, 3.8) is 0 Å². The third-order valence-corrected chi connectivity index (χ3v) is 3.75. The molecule has 0 aliphatic carbocycles. The van der Waals surface area contributed by atoms with E-state index in [1.807, 2.05) is 13.8 Å². The van der Waals surface area contributed by atoms with Gasteiger partial charge in [0.1, 0.15) is 17.2 Å². The van der Waals surface area contributed by atoms with Crippen LogP contribution < -0.4 is 5.32 Å². The summed E-state index contributed by atoms with van der Waals surface area (Å²) in [5.41, 5.74) is 0.202. The van der Waals surface area contributed by atoms with Gasteiger partial charge in [0.05, 0.1) is 0 Å². The summed E-state index contributed by atoms with van der Waals surface area (Å²) in [4.78, 5) is 20.0. The number of imidazole rings is 1. The number of anilines is 1. The molecule has 5 nitrogen and oxygen atoms in total. The Morgan fingerprint density at radius 2 is 1.96 bits per heavy atom. The van der Waals surface area contributed by atoms with Crippen molar-refractivity contribution in [2.45, 2.75) is 33.5 Å². The van der Waals surface area contributed by atoms with Crippen molar-refractivity contribution in [3.8, 4) is 0 Å². The zero-order chi connectivity index (χ0) is 17.4. The number of hydrogen-bond donors (Lipinski definition) is 1. The summed E-state index contributed by atoms with van der Waals surface area (Å²) < 4.78 is 39.3. The van der Waals surface area contributed by atoms with Gasteiger partial charge in [0, 0.05) is 5.92 Å². The maximum Gasteiger partial charge on any atom is 0.406 e. The van der Waals surface area contributed by atoms with Gasteiger partial charge in [-0.1, -0.05) is 32.4 Å². The number of fused-ring (bicyclic) bond motifs is 1. The number of carbonyl (C=O) groups is 1. The van der Waals surface area contributed by atoms with Gasteiger partial charge in [0.25, 0.3) is 0 Å². The molecule has 2 rings (SSSR count). The van der Waals surface area contributed by atoms with Gasteiger partial charge in [-0.25, -0.2) is 9.97 Å². The molecule has 0 saturated carbocycles. The number of rotatable bonds is 4. The number of aromatic nitrogens is 3. The van der Waals surface area contributed by atoms with E-state index in [-0.39, 0.29) is 34.1 Å². The second-order valence-corrected chi connectivity index (χ2v) is 6.02. The first-order chi connectivity index (χ1) is 10.6. The number of pyridine rings is 1. The average Bonchev–Trinajstić information content (AvgIpc) is 2.73. The molecule has 0 bridgehead atoms. The molecule has 23 heavy (non-hydrogen) atoms. The van der Waals surface area contributed by atoms with Crippen LogP contribution in [0.25, 0.3) is 11.2 Å². The molecule has 9 heteroatoms. The highest BCUT2D eigenvalue weighted by molar-refractivity contribution is 6.29. The Balaban J connectivity index is 2.45. The number of amides is 1. The second-order valence-electron chi connectivity index (χ2n) is 5.64. The maximum atomic E-state index is 12.8. The van der Waals surface area contributed by atoms with Crippen molar-refractivity contribution < 1.29 is 18.0 Å². The summed E-state index contributed by atoms with van der Waals surface area (Å²) >= 11 is 5.75. The van der Waals surface area contributed by atoms with Crippen LogP contribution in [-0.4, -0.2) is 26.6 Å². The van der Waals surface area contributed by atoms with E-state index >= 15 is 0 Å². The van der Waals surface area contributed by atoms with Gasteiger partial charge in [0.15, 0.2) is 5.65 Å². The Morgan fingerprint density at radius 3 is 2.52 bits per heavy atom. The van der Waals surface area contributed by atoms with Crippen LogP contribution in [0.2, 0.25) is 5.15 Å². The largest absolute Gasteiger partial charge is 0.406 e. The van der Waals surface area contributed by atoms with Crippen molar-refractivity contribution in [3.05, 3.63) is 17.3 Å². The molecule has 1 N–H and O–H groups in total. The topological polar surface area (TPSA) is 59.8 Å². The molecule has 1 amide bonds. The zero-order valence-electron chi connectivity index (χ0n) is 12.8. The maximum absolute atomic E-state index is 12.8. The number of hydrogen-bond acceptors (Lipinski definition) is 3. The molecule has 0 fully saturated rings. The van der Waals surface area contributed by atoms with Gasteiger partial charge >= 0.3 is 6.18 Å². The van der Waals surface area contributed by atoms with Crippen molar-refractivity contribution >= 4 is 34.6 Å². The van der Waals surface area contributed by atoms with Gasteiger partial charge < -0.3 is 0 Å². The van der Waals surface area contributed by atoms with Gasteiger partial charge in [-0.2, -0.15) is 13.2 Å². The Morgan fingerprint density at radius 1 is 1.30 bits per heavy atom. The predicted molar refractivity (Wildman–Crippen MR) is 81.2 cm³/mol. The summed E-state index contributed by atoms with van der Waals surface area (Å²) in [5.74, 6) is -0.914. The lowest BCUT2D eigenvalue weighted by Gasteiger charge is -2.16. The van der Waals surface area contributed by atoms with Crippen LogP contribution in [0.15, 0.2) is 12.1 Å². The molecule has 1 atom stereocenters. The van der Waals surface area contributed by atoms with Crippen molar-refractivity contribution in [1.82, 2.24) is 14.5 Å². The number of nitrogens with one attached hydrogen (secondary N) is 1. The highest BCUT2D eigenvalue weighted by atomic mass is 35.5. The lowest BCUT2D eigenvalue weighted by atomic mass is 9.97. The molecule has 0 spiro atoms. The first kappa shape index (κ1) is 17.5. The van der Waals surface area contributed by atoms with Crippen LogP contribution >= 0.6 is 11.6 Å². The van der Waals surface area contributed by atoms with E-state index in [0.29, 0.717) is 0 Å². The summed E-state index contributed by atoms with van der Waals surface area (Å²) in [5, 5.41) is 2.50. The molecule has 2 aromatic rings. The quantitative estimate of drug-likeness (QED) is 0.853. The third kappa shape index (κ3) is 4.13. The molecular formula is C14H16ClF3N4O. The minimum absolute atomic E-state index is 0.0256. The number of alkyl halides is 3. The molecule has 126 valence electrons. The summed E-state index contributed by atoms with van der Waals surface area (Å²) in [6.07, 6.45) is -4.49. The Kier molecular flexibility index (Phi) is 4.84. The Hall–Kier alpha value is -1.83. The van der Waals surface area contributed by atoms with Crippen molar-refractivity contribution in [2.75, 3.05) is 5.32 Å². The first-order valence-corrected chi connectivity index (χ1v) is 7.36. The average molecular weight is 349 g/mol.